The Bertz CT molecular complexity index is 862. The van der Waals surface area contributed by atoms with Crippen LogP contribution in [0.5, 0.6) is 0 Å². The normalized spacial score (nSPS) is 19.5. The molecule has 1 saturated heterocycles. The average molecular weight is 359 g/mol. The van der Waals surface area contributed by atoms with Crippen LogP contribution in [0, 0.1) is 13.8 Å². The van der Waals surface area contributed by atoms with E-state index in [1.165, 1.54) is 5.56 Å². The van der Waals surface area contributed by atoms with E-state index in [1.54, 1.807) is 29.7 Å². The molecule has 25 heavy (non-hydrogen) atoms. The Balaban J connectivity index is 1.68. The topological polar surface area (TPSA) is 71.6 Å². The highest BCUT2D eigenvalue weighted by molar-refractivity contribution is 7.17. The van der Waals surface area contributed by atoms with Crippen LogP contribution in [0.25, 0.3) is 10.2 Å². The van der Waals surface area contributed by atoms with Gasteiger partial charge in [-0.1, -0.05) is 0 Å². The number of morpholine rings is 1. The molecule has 1 N–H and O–H groups in total. The molecule has 1 aliphatic rings. The van der Waals surface area contributed by atoms with E-state index in [4.69, 9.17) is 14.1 Å². The minimum Gasteiger partial charge on any atom is -0.467 e. The van der Waals surface area contributed by atoms with Crippen molar-refractivity contribution in [3.05, 3.63) is 40.9 Å². The lowest BCUT2D eigenvalue weighted by Gasteiger charge is -2.37. The van der Waals surface area contributed by atoms with E-state index < -0.39 is 6.10 Å². The third-order valence-electron chi connectivity index (χ3n) is 4.58. The Morgan fingerprint density at radius 2 is 2.28 bits per heavy atom. The fourth-order valence-electron chi connectivity index (χ4n) is 3.36. The van der Waals surface area contributed by atoms with Gasteiger partial charge in [0, 0.05) is 13.0 Å². The molecule has 4 heterocycles. The summed E-state index contributed by atoms with van der Waals surface area (Å²) in [4.78, 5) is 12.6. The van der Waals surface area contributed by atoms with Gasteiger partial charge in [-0.3, -0.25) is 0 Å². The van der Waals surface area contributed by atoms with Crippen molar-refractivity contribution in [1.82, 2.24) is 9.97 Å². The monoisotopic (exact) mass is 359 g/mol. The van der Waals surface area contributed by atoms with Crippen LogP contribution in [0.3, 0.4) is 0 Å². The van der Waals surface area contributed by atoms with Crippen LogP contribution in [-0.4, -0.2) is 40.9 Å². The number of aliphatic hydroxyl groups is 1. The summed E-state index contributed by atoms with van der Waals surface area (Å²) in [6.45, 7) is 5.97. The number of aliphatic hydroxyl groups excluding tert-OH is 1. The first kappa shape index (κ1) is 16.5. The Morgan fingerprint density at radius 1 is 1.40 bits per heavy atom. The number of hydrogen-bond donors (Lipinski definition) is 1. The zero-order chi connectivity index (χ0) is 17.4. The highest BCUT2D eigenvalue weighted by Crippen LogP contribution is 2.34. The zero-order valence-corrected chi connectivity index (χ0v) is 15.1. The van der Waals surface area contributed by atoms with Crippen LogP contribution >= 0.6 is 11.3 Å². The Kier molecular flexibility index (Phi) is 4.45. The number of fused-ring (bicyclic) bond motifs is 1. The van der Waals surface area contributed by atoms with Crippen LogP contribution in [-0.2, 0) is 4.74 Å². The number of aromatic nitrogens is 2. The molecule has 0 bridgehead atoms. The molecule has 7 heteroatoms. The maximum atomic E-state index is 10.5. The third-order valence-corrected chi connectivity index (χ3v) is 5.57. The summed E-state index contributed by atoms with van der Waals surface area (Å²) < 4.78 is 11.0. The van der Waals surface area contributed by atoms with Crippen LogP contribution < -0.4 is 4.90 Å². The zero-order valence-electron chi connectivity index (χ0n) is 14.3. The summed E-state index contributed by atoms with van der Waals surface area (Å²) >= 11 is 1.65. The van der Waals surface area contributed by atoms with Crippen LogP contribution in [0.1, 0.15) is 29.7 Å². The van der Waals surface area contributed by atoms with Crippen molar-refractivity contribution in [3.8, 4) is 0 Å². The molecule has 1 aliphatic heterocycles. The van der Waals surface area contributed by atoms with Crippen molar-refractivity contribution in [2.45, 2.75) is 32.4 Å². The Labute approximate surface area is 150 Å². The highest BCUT2D eigenvalue weighted by Gasteiger charge is 2.30. The van der Waals surface area contributed by atoms with E-state index in [0.29, 0.717) is 25.4 Å². The number of anilines is 1. The van der Waals surface area contributed by atoms with Gasteiger partial charge in [0.1, 0.15) is 28.3 Å². The number of ether oxygens (including phenoxy) is 1. The fraction of sp³-hybridized carbons (Fsp3) is 0.444. The molecule has 132 valence electrons. The summed E-state index contributed by atoms with van der Waals surface area (Å²) in [5.74, 6) is 2.30. The molecule has 2 atom stereocenters. The standard InChI is InChI=1S/C18H21N3O3S/c1-11-10-25-18-16(11)17(19-12(2)20-18)21-5-7-23-9-13(21)8-14(22)15-4-3-6-24-15/h3-4,6,10,13-14,22H,5,7-9H2,1-2H3. The highest BCUT2D eigenvalue weighted by atomic mass is 32.1. The molecular formula is C18H21N3O3S. The number of hydrogen-bond acceptors (Lipinski definition) is 7. The van der Waals surface area contributed by atoms with Crippen molar-refractivity contribution in [2.24, 2.45) is 0 Å². The maximum Gasteiger partial charge on any atom is 0.141 e. The quantitative estimate of drug-likeness (QED) is 0.771. The first-order chi connectivity index (χ1) is 12.1. The molecule has 0 aromatic carbocycles. The number of thiophene rings is 1. The minimum atomic E-state index is -0.661. The molecule has 6 nitrogen and oxygen atoms in total. The smallest absolute Gasteiger partial charge is 0.141 e. The molecule has 4 rings (SSSR count). The second-order valence-corrected chi connectivity index (χ2v) is 7.24. The Hall–Kier alpha value is -1.96. The van der Waals surface area contributed by atoms with Gasteiger partial charge < -0.3 is 19.2 Å². The van der Waals surface area contributed by atoms with Crippen LogP contribution in [0.15, 0.2) is 28.2 Å². The van der Waals surface area contributed by atoms with Gasteiger partial charge in [0.15, 0.2) is 0 Å². The summed E-state index contributed by atoms with van der Waals surface area (Å²) in [7, 11) is 0. The van der Waals surface area contributed by atoms with Gasteiger partial charge in [0.2, 0.25) is 0 Å². The number of aryl methyl sites for hydroxylation is 2. The summed E-state index contributed by atoms with van der Waals surface area (Å²) in [6.07, 6.45) is 1.45. The molecule has 3 aromatic rings. The van der Waals surface area contributed by atoms with Gasteiger partial charge in [-0.25, -0.2) is 9.97 Å². The van der Waals surface area contributed by atoms with Crippen LogP contribution in [0.4, 0.5) is 5.82 Å². The van der Waals surface area contributed by atoms with Gasteiger partial charge in [0.25, 0.3) is 0 Å². The second-order valence-electron chi connectivity index (χ2n) is 6.38. The van der Waals surface area contributed by atoms with E-state index >= 15 is 0 Å². The second kappa shape index (κ2) is 6.74. The molecule has 0 spiro atoms. The van der Waals surface area contributed by atoms with Crippen molar-refractivity contribution in [2.75, 3.05) is 24.7 Å². The number of rotatable bonds is 4. The van der Waals surface area contributed by atoms with Crippen molar-refractivity contribution in [3.63, 3.8) is 0 Å². The molecule has 3 aromatic heterocycles. The molecule has 0 amide bonds. The number of nitrogens with zero attached hydrogens (tertiary/aromatic N) is 3. The summed E-state index contributed by atoms with van der Waals surface area (Å²) in [5, 5.41) is 13.7. The average Bonchev–Trinajstić information content (AvgIpc) is 3.25. The molecular weight excluding hydrogens is 338 g/mol. The minimum absolute atomic E-state index is 0.0330. The van der Waals surface area contributed by atoms with E-state index in [1.807, 2.05) is 6.92 Å². The van der Waals surface area contributed by atoms with Crippen molar-refractivity contribution in [1.29, 1.82) is 0 Å². The first-order valence-corrected chi connectivity index (χ1v) is 9.29. The van der Waals surface area contributed by atoms with Crippen molar-refractivity contribution < 1.29 is 14.3 Å². The van der Waals surface area contributed by atoms with Crippen LogP contribution in [0.2, 0.25) is 0 Å². The lowest BCUT2D eigenvalue weighted by atomic mass is 10.0. The van der Waals surface area contributed by atoms with Gasteiger partial charge >= 0.3 is 0 Å². The predicted octanol–water partition coefficient (Wildman–Crippen LogP) is 3.23. The molecule has 0 aliphatic carbocycles. The van der Waals surface area contributed by atoms with Crippen molar-refractivity contribution >= 4 is 27.4 Å². The van der Waals surface area contributed by atoms with Gasteiger partial charge in [-0.15, -0.1) is 11.3 Å². The van der Waals surface area contributed by atoms with E-state index in [9.17, 15) is 5.11 Å². The largest absolute Gasteiger partial charge is 0.467 e. The molecule has 0 saturated carbocycles. The Morgan fingerprint density at radius 3 is 3.08 bits per heavy atom. The van der Waals surface area contributed by atoms with E-state index in [-0.39, 0.29) is 6.04 Å². The predicted molar refractivity (Wildman–Crippen MR) is 97.1 cm³/mol. The maximum absolute atomic E-state index is 10.5. The molecule has 0 radical (unpaired) electrons. The lowest BCUT2D eigenvalue weighted by molar-refractivity contribution is 0.0617. The number of furan rings is 1. The summed E-state index contributed by atoms with van der Waals surface area (Å²) in [5.41, 5.74) is 1.19. The molecule has 2 unspecified atom stereocenters. The van der Waals surface area contributed by atoms with Gasteiger partial charge in [-0.05, 0) is 36.9 Å². The molecule has 1 fully saturated rings. The fourth-order valence-corrected chi connectivity index (χ4v) is 4.32. The van der Waals surface area contributed by atoms with Gasteiger partial charge in [-0.2, -0.15) is 0 Å². The van der Waals surface area contributed by atoms with Gasteiger partial charge in [0.05, 0.1) is 30.9 Å². The SMILES string of the molecule is Cc1nc(N2CCOCC2CC(O)c2ccco2)c2c(C)csc2n1. The third kappa shape index (κ3) is 3.15. The summed E-state index contributed by atoms with van der Waals surface area (Å²) in [6, 6.07) is 3.62. The lowest BCUT2D eigenvalue weighted by Crippen LogP contribution is -2.47. The van der Waals surface area contributed by atoms with E-state index in [2.05, 4.69) is 22.2 Å². The van der Waals surface area contributed by atoms with E-state index in [0.717, 1.165) is 28.4 Å². The first-order valence-electron chi connectivity index (χ1n) is 8.42.